The molecule has 0 bridgehead atoms. The average molecular weight is 228 g/mol. The Hall–Kier alpha value is -0.235. The van der Waals surface area contributed by atoms with Crippen molar-refractivity contribution in [2.75, 3.05) is 47.3 Å². The van der Waals surface area contributed by atoms with E-state index in [4.69, 9.17) is 9.47 Å². The minimum atomic E-state index is -2.32. The average Bonchev–Trinajstić information content (AvgIpc) is 2.76. The van der Waals surface area contributed by atoms with Gasteiger partial charge in [0.25, 0.3) is 0 Å². The van der Waals surface area contributed by atoms with Crippen molar-refractivity contribution in [3.8, 4) is 0 Å². The van der Waals surface area contributed by atoms with Crippen molar-refractivity contribution in [2.45, 2.75) is 6.92 Å². The van der Waals surface area contributed by atoms with Gasteiger partial charge in [-0.1, -0.05) is 0 Å². The van der Waals surface area contributed by atoms with Gasteiger partial charge in [-0.05, 0) is 6.92 Å². The van der Waals surface area contributed by atoms with Gasteiger partial charge in [-0.25, -0.2) is 0 Å². The van der Waals surface area contributed by atoms with Crippen molar-refractivity contribution in [3.05, 3.63) is 0 Å². The highest BCUT2D eigenvalue weighted by molar-refractivity contribution is 6.42. The van der Waals surface area contributed by atoms with Gasteiger partial charge < -0.3 is 18.9 Å². The molecule has 0 aromatic heterocycles. The molecular weight excluding hydrogens is 209 g/mol. The predicted octanol–water partition coefficient (Wildman–Crippen LogP) is 1.24. The molecule has 0 N–H and O–H groups in total. The Labute approximate surface area is 90.0 Å². The largest absolute Gasteiger partial charge is 0.563 e. The minimum absolute atomic E-state index is 0.458. The van der Waals surface area contributed by atoms with E-state index in [1.54, 1.807) is 7.11 Å². The molecule has 1 heterocycles. The van der Waals surface area contributed by atoms with Crippen LogP contribution in [0.25, 0.3) is 0 Å². The first-order chi connectivity index (χ1) is 7.18. The highest BCUT2D eigenvalue weighted by Crippen LogP contribution is 1.85. The van der Waals surface area contributed by atoms with Crippen LogP contribution in [0.1, 0.15) is 6.92 Å². The number of rotatable bonds is 3. The van der Waals surface area contributed by atoms with Crippen LogP contribution >= 0.6 is 0 Å². The Morgan fingerprint density at radius 3 is 1.67 bits per heavy atom. The van der Waals surface area contributed by atoms with Crippen molar-refractivity contribution in [1.82, 2.24) is 0 Å². The number of methoxy groups -OCH3 is 2. The zero-order valence-corrected chi connectivity index (χ0v) is 9.50. The zero-order valence-electron chi connectivity index (χ0n) is 9.50. The molecule has 1 fully saturated rings. The summed E-state index contributed by atoms with van der Waals surface area (Å²) in [7, 11) is 0.599. The van der Waals surface area contributed by atoms with Gasteiger partial charge in [-0.2, -0.15) is 0 Å². The van der Waals surface area contributed by atoms with E-state index in [9.17, 15) is 8.63 Å². The van der Waals surface area contributed by atoms with Crippen LogP contribution in [0.3, 0.4) is 0 Å². The molecule has 1 aliphatic heterocycles. The van der Waals surface area contributed by atoms with Crippen molar-refractivity contribution < 1.29 is 27.6 Å². The van der Waals surface area contributed by atoms with E-state index in [1.807, 2.05) is 6.92 Å². The SMILES string of the molecule is C1COCO1.CCOC.COCB(F)F. The monoisotopic (exact) mass is 228 g/mol. The van der Waals surface area contributed by atoms with Gasteiger partial charge >= 0.3 is 7.27 Å². The first-order valence-electron chi connectivity index (χ1n) is 4.60. The zero-order chi connectivity index (χ0) is 11.9. The lowest BCUT2D eigenvalue weighted by molar-refractivity contribution is 0.0692. The summed E-state index contributed by atoms with van der Waals surface area (Å²) in [5.74, 6) is 0. The lowest BCUT2D eigenvalue weighted by Gasteiger charge is -1.85. The molecule has 0 aliphatic carbocycles. The molecule has 0 aromatic rings. The van der Waals surface area contributed by atoms with Gasteiger partial charge in [-0.15, -0.1) is 0 Å². The van der Waals surface area contributed by atoms with Crippen molar-refractivity contribution in [1.29, 1.82) is 0 Å². The fourth-order valence-electron chi connectivity index (χ4n) is 0.421. The first-order valence-corrected chi connectivity index (χ1v) is 4.60. The number of halogens is 2. The van der Waals surface area contributed by atoms with E-state index in [0.29, 0.717) is 6.79 Å². The molecule has 0 atom stereocenters. The number of ether oxygens (including phenoxy) is 4. The van der Waals surface area contributed by atoms with Crippen LogP contribution in [-0.4, -0.2) is 54.6 Å². The van der Waals surface area contributed by atoms with Gasteiger partial charge in [0.05, 0.1) is 19.7 Å². The van der Waals surface area contributed by atoms with Crippen LogP contribution in [0.4, 0.5) is 8.63 Å². The molecule has 0 unspecified atom stereocenters. The highest BCUT2D eigenvalue weighted by Gasteiger charge is 2.08. The Morgan fingerprint density at radius 2 is 1.60 bits per heavy atom. The third-order valence-electron chi connectivity index (χ3n) is 1.12. The standard InChI is InChI=1S/C3H6O2.C3H8O.C2H5BF2O/c1-2-5-3-4-1;1-3-4-2;1-6-2-3(4)5/h1-3H2;3H2,1-2H3;2H2,1H3. The van der Waals surface area contributed by atoms with Crippen LogP contribution in [0.5, 0.6) is 0 Å². The maximum absolute atomic E-state index is 10.9. The summed E-state index contributed by atoms with van der Waals surface area (Å²) in [5, 5.41) is 0. The molecule has 0 spiro atoms. The summed E-state index contributed by atoms with van der Waals surface area (Å²) < 4.78 is 39.9. The van der Waals surface area contributed by atoms with E-state index in [2.05, 4.69) is 9.47 Å². The first kappa shape index (κ1) is 17.2. The Balaban J connectivity index is 0. The molecule has 0 radical (unpaired) electrons. The molecule has 0 saturated carbocycles. The molecule has 0 aromatic carbocycles. The minimum Gasteiger partial charge on any atom is -0.386 e. The van der Waals surface area contributed by atoms with Gasteiger partial charge in [0.15, 0.2) is 0 Å². The van der Waals surface area contributed by atoms with Crippen LogP contribution in [0.2, 0.25) is 0 Å². The van der Waals surface area contributed by atoms with Crippen LogP contribution in [0.15, 0.2) is 0 Å². The Kier molecular flexibility index (Phi) is 18.5. The lowest BCUT2D eigenvalue weighted by Crippen LogP contribution is -2.05. The Bertz CT molecular complexity index is 95.0. The van der Waals surface area contributed by atoms with E-state index in [0.717, 1.165) is 19.8 Å². The molecule has 7 heteroatoms. The molecule has 1 rings (SSSR count). The molecule has 15 heavy (non-hydrogen) atoms. The molecule has 1 aliphatic rings. The summed E-state index contributed by atoms with van der Waals surface area (Å²) in [6.45, 7) is 4.38. The normalized spacial score (nSPS) is 13.4. The third kappa shape index (κ3) is 24.8. The molecular formula is C8H19BF2O4. The fraction of sp³-hybridized carbons (Fsp3) is 1.00. The van der Waals surface area contributed by atoms with Crippen LogP contribution < -0.4 is 0 Å². The smallest absolute Gasteiger partial charge is 0.386 e. The maximum Gasteiger partial charge on any atom is 0.563 e. The van der Waals surface area contributed by atoms with Crippen LogP contribution in [0, 0.1) is 0 Å². The fourth-order valence-corrected chi connectivity index (χ4v) is 0.421. The summed E-state index contributed by atoms with van der Waals surface area (Å²) in [6.07, 6.45) is 0. The quantitative estimate of drug-likeness (QED) is 0.681. The Morgan fingerprint density at radius 1 is 1.13 bits per heavy atom. The summed E-state index contributed by atoms with van der Waals surface area (Å²) in [5.41, 5.74) is 0. The topological polar surface area (TPSA) is 36.9 Å². The summed E-state index contributed by atoms with van der Waals surface area (Å²) >= 11 is 0. The molecule has 4 nitrogen and oxygen atoms in total. The second kappa shape index (κ2) is 16.2. The number of hydrogen-bond donors (Lipinski definition) is 0. The van der Waals surface area contributed by atoms with Gasteiger partial charge in [0.1, 0.15) is 6.79 Å². The van der Waals surface area contributed by atoms with E-state index in [-0.39, 0.29) is 0 Å². The molecule has 0 amide bonds. The second-order valence-corrected chi connectivity index (χ2v) is 2.36. The van der Waals surface area contributed by atoms with E-state index in [1.165, 1.54) is 7.11 Å². The van der Waals surface area contributed by atoms with Crippen molar-refractivity contribution in [2.24, 2.45) is 0 Å². The van der Waals surface area contributed by atoms with E-state index < -0.39 is 13.8 Å². The van der Waals surface area contributed by atoms with Crippen molar-refractivity contribution >= 4 is 7.27 Å². The maximum atomic E-state index is 10.9. The highest BCUT2D eigenvalue weighted by atomic mass is 19.2. The summed E-state index contributed by atoms with van der Waals surface area (Å²) in [6, 6.07) is 0. The number of hydrogen-bond acceptors (Lipinski definition) is 4. The van der Waals surface area contributed by atoms with Crippen LogP contribution in [-0.2, 0) is 18.9 Å². The van der Waals surface area contributed by atoms with Gasteiger partial charge in [-0.3, -0.25) is 8.63 Å². The third-order valence-corrected chi connectivity index (χ3v) is 1.12. The van der Waals surface area contributed by atoms with Gasteiger partial charge in [0.2, 0.25) is 0 Å². The van der Waals surface area contributed by atoms with E-state index >= 15 is 0 Å². The molecule has 1 saturated heterocycles. The molecule has 92 valence electrons. The predicted molar refractivity (Wildman–Crippen MR) is 54.2 cm³/mol. The lowest BCUT2D eigenvalue weighted by atomic mass is 10.0. The second-order valence-electron chi connectivity index (χ2n) is 2.36. The van der Waals surface area contributed by atoms with Crippen molar-refractivity contribution in [3.63, 3.8) is 0 Å². The summed E-state index contributed by atoms with van der Waals surface area (Å²) in [4.78, 5) is 0. The van der Waals surface area contributed by atoms with Gasteiger partial charge in [0, 0.05) is 20.8 Å².